The molecule has 0 atom stereocenters. The fourth-order valence-electron chi connectivity index (χ4n) is 1.63. The van der Waals surface area contributed by atoms with Crippen LogP contribution in [0.4, 0.5) is 0 Å². The van der Waals surface area contributed by atoms with E-state index in [2.05, 4.69) is 20.9 Å². The topological polar surface area (TPSA) is 65.2 Å². The van der Waals surface area contributed by atoms with Gasteiger partial charge in [-0.15, -0.1) is 0 Å². The maximum atomic E-state index is 5.60. The molecule has 3 aromatic rings. The van der Waals surface area contributed by atoms with Crippen molar-refractivity contribution in [2.24, 2.45) is 5.73 Å². The molecule has 0 aliphatic rings. The van der Waals surface area contributed by atoms with Crippen molar-refractivity contribution >= 4 is 27.0 Å². The Bertz CT molecular complexity index is 672. The lowest BCUT2D eigenvalue weighted by Gasteiger charge is -1.92. The Kier molecular flexibility index (Phi) is 2.49. The zero-order valence-corrected chi connectivity index (χ0v) is 10.4. The summed E-state index contributed by atoms with van der Waals surface area (Å²) in [5.41, 5.74) is 8.12. The Morgan fingerprint density at radius 1 is 1.18 bits per heavy atom. The lowest BCUT2D eigenvalue weighted by molar-refractivity contribution is 0.518. The second-order valence-electron chi connectivity index (χ2n) is 3.63. The minimum atomic E-state index is 0.472. The van der Waals surface area contributed by atoms with Gasteiger partial charge in [0.1, 0.15) is 5.52 Å². The average molecular weight is 293 g/mol. The summed E-state index contributed by atoms with van der Waals surface area (Å²) in [5.74, 6) is 1.07. The summed E-state index contributed by atoms with van der Waals surface area (Å²) in [6, 6.07) is 9.32. The highest BCUT2D eigenvalue weighted by molar-refractivity contribution is 9.10. The minimum absolute atomic E-state index is 0.472. The van der Waals surface area contributed by atoms with Crippen LogP contribution in [-0.2, 0) is 6.54 Å². The van der Waals surface area contributed by atoms with Gasteiger partial charge in [-0.1, -0.05) is 6.07 Å². The summed E-state index contributed by atoms with van der Waals surface area (Å²) < 4.78 is 11.6. The number of hydrogen-bond acceptors (Lipinski definition) is 4. The molecule has 0 amide bonds. The van der Waals surface area contributed by atoms with E-state index in [0.717, 1.165) is 16.7 Å². The molecule has 4 nitrogen and oxygen atoms in total. The predicted molar refractivity (Wildman–Crippen MR) is 67.3 cm³/mol. The van der Waals surface area contributed by atoms with E-state index in [1.807, 2.05) is 18.2 Å². The van der Waals surface area contributed by atoms with E-state index in [0.29, 0.717) is 22.9 Å². The van der Waals surface area contributed by atoms with Crippen LogP contribution in [0.15, 0.2) is 43.8 Å². The maximum absolute atomic E-state index is 5.60. The SMILES string of the molecule is NCc1ccc2oc(-c3ccc(Br)o3)nc2c1. The smallest absolute Gasteiger partial charge is 0.263 e. The van der Waals surface area contributed by atoms with Crippen LogP contribution >= 0.6 is 15.9 Å². The molecule has 5 heteroatoms. The van der Waals surface area contributed by atoms with Gasteiger partial charge in [-0.05, 0) is 45.8 Å². The van der Waals surface area contributed by atoms with E-state index in [1.165, 1.54) is 0 Å². The number of rotatable bonds is 2. The molecule has 0 saturated carbocycles. The molecular formula is C12H9BrN2O2. The number of hydrogen-bond donors (Lipinski definition) is 1. The van der Waals surface area contributed by atoms with Gasteiger partial charge in [0.2, 0.25) is 0 Å². The van der Waals surface area contributed by atoms with E-state index in [9.17, 15) is 0 Å². The number of benzene rings is 1. The first-order valence-corrected chi connectivity index (χ1v) is 5.91. The van der Waals surface area contributed by atoms with Crippen LogP contribution in [0, 0.1) is 0 Å². The molecule has 0 aliphatic heterocycles. The second kappa shape index (κ2) is 4.01. The minimum Gasteiger partial charge on any atom is -0.444 e. The molecule has 0 fully saturated rings. The van der Waals surface area contributed by atoms with Gasteiger partial charge in [0, 0.05) is 6.54 Å². The highest BCUT2D eigenvalue weighted by Gasteiger charge is 2.11. The van der Waals surface area contributed by atoms with Crippen molar-refractivity contribution in [2.45, 2.75) is 6.54 Å². The molecule has 17 heavy (non-hydrogen) atoms. The third kappa shape index (κ3) is 1.87. The highest BCUT2D eigenvalue weighted by Crippen LogP contribution is 2.27. The van der Waals surface area contributed by atoms with Crippen molar-refractivity contribution in [3.05, 3.63) is 40.6 Å². The Balaban J connectivity index is 2.13. The normalized spacial score (nSPS) is 11.2. The standard InChI is InChI=1S/C12H9BrN2O2/c13-11-4-3-10(16-11)12-15-8-5-7(6-14)1-2-9(8)17-12/h1-5H,6,14H2. The highest BCUT2D eigenvalue weighted by atomic mass is 79.9. The molecule has 3 rings (SSSR count). The first-order chi connectivity index (χ1) is 8.26. The molecule has 1 aromatic carbocycles. The predicted octanol–water partition coefficient (Wildman–Crippen LogP) is 3.31. The number of nitrogens with zero attached hydrogens (tertiary/aromatic N) is 1. The first-order valence-electron chi connectivity index (χ1n) is 5.11. The Labute approximate surface area is 106 Å². The van der Waals surface area contributed by atoms with Gasteiger partial charge in [0.15, 0.2) is 16.0 Å². The number of halogens is 1. The van der Waals surface area contributed by atoms with Crippen LogP contribution in [0.5, 0.6) is 0 Å². The van der Waals surface area contributed by atoms with Crippen LogP contribution in [0.2, 0.25) is 0 Å². The van der Waals surface area contributed by atoms with Gasteiger partial charge in [-0.25, -0.2) is 4.98 Å². The van der Waals surface area contributed by atoms with Crippen molar-refractivity contribution in [1.82, 2.24) is 4.98 Å². The summed E-state index contributed by atoms with van der Waals surface area (Å²) in [4.78, 5) is 4.37. The van der Waals surface area contributed by atoms with Crippen LogP contribution < -0.4 is 5.73 Å². The number of oxazole rings is 1. The average Bonchev–Trinajstić information content (AvgIpc) is 2.93. The van der Waals surface area contributed by atoms with E-state index in [1.54, 1.807) is 12.1 Å². The lowest BCUT2D eigenvalue weighted by Crippen LogP contribution is -1.94. The summed E-state index contributed by atoms with van der Waals surface area (Å²) in [7, 11) is 0. The van der Waals surface area contributed by atoms with Gasteiger partial charge in [0.05, 0.1) is 0 Å². The lowest BCUT2D eigenvalue weighted by atomic mass is 10.2. The van der Waals surface area contributed by atoms with E-state index in [4.69, 9.17) is 14.6 Å². The van der Waals surface area contributed by atoms with Crippen molar-refractivity contribution in [2.75, 3.05) is 0 Å². The third-order valence-corrected chi connectivity index (χ3v) is 2.90. The summed E-state index contributed by atoms with van der Waals surface area (Å²) in [5, 5.41) is 0. The fourth-order valence-corrected chi connectivity index (χ4v) is 1.94. The summed E-state index contributed by atoms with van der Waals surface area (Å²) in [6.07, 6.45) is 0. The molecule has 2 N–H and O–H groups in total. The Hall–Kier alpha value is -1.59. The quantitative estimate of drug-likeness (QED) is 0.787. The van der Waals surface area contributed by atoms with Gasteiger partial charge in [-0.3, -0.25) is 0 Å². The van der Waals surface area contributed by atoms with Crippen LogP contribution in [0.3, 0.4) is 0 Å². The van der Waals surface area contributed by atoms with E-state index >= 15 is 0 Å². The second-order valence-corrected chi connectivity index (χ2v) is 4.41. The molecule has 2 aromatic heterocycles. The third-order valence-electron chi connectivity index (χ3n) is 2.47. The monoisotopic (exact) mass is 292 g/mol. The van der Waals surface area contributed by atoms with Gasteiger partial charge in [-0.2, -0.15) is 0 Å². The van der Waals surface area contributed by atoms with Crippen molar-refractivity contribution in [3.8, 4) is 11.7 Å². The van der Waals surface area contributed by atoms with Crippen molar-refractivity contribution in [3.63, 3.8) is 0 Å². The number of nitrogens with two attached hydrogens (primary N) is 1. The zero-order valence-electron chi connectivity index (χ0n) is 8.81. The molecule has 0 spiro atoms. The van der Waals surface area contributed by atoms with Gasteiger partial charge < -0.3 is 14.6 Å². The van der Waals surface area contributed by atoms with Crippen LogP contribution in [0.1, 0.15) is 5.56 Å². The van der Waals surface area contributed by atoms with Gasteiger partial charge >= 0.3 is 0 Å². The fraction of sp³-hybridized carbons (Fsp3) is 0.0833. The summed E-state index contributed by atoms with van der Waals surface area (Å²) in [6.45, 7) is 0.491. The number of fused-ring (bicyclic) bond motifs is 1. The molecule has 0 aliphatic carbocycles. The Morgan fingerprint density at radius 3 is 2.76 bits per heavy atom. The number of aromatic nitrogens is 1. The van der Waals surface area contributed by atoms with E-state index < -0.39 is 0 Å². The maximum Gasteiger partial charge on any atom is 0.263 e. The molecule has 2 heterocycles. The first kappa shape index (κ1) is 10.6. The molecule has 0 radical (unpaired) electrons. The van der Waals surface area contributed by atoms with Crippen molar-refractivity contribution in [1.29, 1.82) is 0 Å². The molecule has 86 valence electrons. The van der Waals surface area contributed by atoms with Crippen LogP contribution in [-0.4, -0.2) is 4.98 Å². The Morgan fingerprint density at radius 2 is 2.06 bits per heavy atom. The zero-order chi connectivity index (χ0) is 11.8. The van der Waals surface area contributed by atoms with E-state index in [-0.39, 0.29) is 0 Å². The largest absolute Gasteiger partial charge is 0.444 e. The van der Waals surface area contributed by atoms with Crippen molar-refractivity contribution < 1.29 is 8.83 Å². The van der Waals surface area contributed by atoms with Gasteiger partial charge in [0.25, 0.3) is 5.89 Å². The molecule has 0 bridgehead atoms. The summed E-state index contributed by atoms with van der Waals surface area (Å²) >= 11 is 3.24. The molecular weight excluding hydrogens is 284 g/mol. The van der Waals surface area contributed by atoms with Crippen LogP contribution in [0.25, 0.3) is 22.8 Å². The molecule has 0 unspecified atom stereocenters. The number of furan rings is 1. The molecule has 0 saturated heterocycles.